The van der Waals surface area contributed by atoms with E-state index in [0.717, 1.165) is 24.8 Å². The van der Waals surface area contributed by atoms with Gasteiger partial charge in [0.15, 0.2) is 0 Å². The van der Waals surface area contributed by atoms with Crippen LogP contribution in [0.1, 0.15) is 19.8 Å². The Kier molecular flexibility index (Phi) is 8.41. The fourth-order valence-electron chi connectivity index (χ4n) is 0.791. The highest BCUT2D eigenvalue weighted by molar-refractivity contribution is 9.09. The standard InChI is InChI=1S/C9H17BrO/c1-9(6-8-11-2)5-3-4-7-10/h3,5,9H,4,6-8H2,1-2H3/b5-3+. The lowest BCUT2D eigenvalue weighted by Gasteiger charge is -2.03. The summed E-state index contributed by atoms with van der Waals surface area (Å²) in [6.07, 6.45) is 6.71. The fourth-order valence-corrected chi connectivity index (χ4v) is 1.06. The molecule has 0 aromatic carbocycles. The Morgan fingerprint density at radius 2 is 2.27 bits per heavy atom. The zero-order valence-electron chi connectivity index (χ0n) is 7.35. The second-order valence-electron chi connectivity index (χ2n) is 2.66. The van der Waals surface area contributed by atoms with Crippen LogP contribution in [0, 0.1) is 5.92 Å². The van der Waals surface area contributed by atoms with Gasteiger partial charge in [0.25, 0.3) is 0 Å². The molecule has 0 rings (SSSR count). The van der Waals surface area contributed by atoms with Crippen molar-refractivity contribution in [2.24, 2.45) is 5.92 Å². The SMILES string of the molecule is COCCC(C)/C=C/CCBr. The molecule has 0 saturated carbocycles. The summed E-state index contributed by atoms with van der Waals surface area (Å²) in [4.78, 5) is 0. The molecule has 0 heterocycles. The van der Waals surface area contributed by atoms with Gasteiger partial charge in [-0.25, -0.2) is 0 Å². The number of ether oxygens (including phenoxy) is 1. The average Bonchev–Trinajstić information content (AvgIpc) is 2.01. The van der Waals surface area contributed by atoms with Crippen molar-refractivity contribution in [2.45, 2.75) is 19.8 Å². The molecule has 0 aliphatic carbocycles. The number of hydrogen-bond donors (Lipinski definition) is 0. The Hall–Kier alpha value is 0.180. The van der Waals surface area contributed by atoms with Gasteiger partial charge in [0.1, 0.15) is 0 Å². The molecule has 1 atom stereocenters. The van der Waals surface area contributed by atoms with Gasteiger partial charge in [0.2, 0.25) is 0 Å². The Morgan fingerprint density at radius 3 is 2.82 bits per heavy atom. The third kappa shape index (κ3) is 8.08. The third-order valence-corrected chi connectivity index (χ3v) is 1.98. The van der Waals surface area contributed by atoms with Crippen molar-refractivity contribution >= 4 is 15.9 Å². The topological polar surface area (TPSA) is 9.23 Å². The van der Waals surface area contributed by atoms with Crippen LogP contribution in [0.15, 0.2) is 12.2 Å². The predicted octanol–water partition coefficient (Wildman–Crippen LogP) is 3.00. The molecule has 1 unspecified atom stereocenters. The van der Waals surface area contributed by atoms with Gasteiger partial charge in [-0.1, -0.05) is 35.0 Å². The van der Waals surface area contributed by atoms with E-state index in [2.05, 4.69) is 35.0 Å². The third-order valence-electron chi connectivity index (χ3n) is 1.52. The van der Waals surface area contributed by atoms with Gasteiger partial charge in [-0.3, -0.25) is 0 Å². The Labute approximate surface area is 78.0 Å². The summed E-state index contributed by atoms with van der Waals surface area (Å²) in [6.45, 7) is 3.07. The summed E-state index contributed by atoms with van der Waals surface area (Å²) >= 11 is 3.38. The maximum atomic E-state index is 4.98. The van der Waals surface area contributed by atoms with E-state index in [1.54, 1.807) is 7.11 Å². The molecule has 0 saturated heterocycles. The molecule has 0 N–H and O–H groups in total. The summed E-state index contributed by atoms with van der Waals surface area (Å²) in [5.41, 5.74) is 0. The van der Waals surface area contributed by atoms with Crippen LogP contribution >= 0.6 is 15.9 Å². The van der Waals surface area contributed by atoms with E-state index in [9.17, 15) is 0 Å². The Bertz CT molecular complexity index is 102. The van der Waals surface area contributed by atoms with E-state index in [-0.39, 0.29) is 0 Å². The molecule has 11 heavy (non-hydrogen) atoms. The minimum Gasteiger partial charge on any atom is -0.385 e. The summed E-state index contributed by atoms with van der Waals surface area (Å²) < 4.78 is 4.98. The average molecular weight is 221 g/mol. The minimum absolute atomic E-state index is 0.647. The van der Waals surface area contributed by atoms with Crippen LogP contribution in [0.2, 0.25) is 0 Å². The van der Waals surface area contributed by atoms with Crippen LogP contribution < -0.4 is 0 Å². The quantitative estimate of drug-likeness (QED) is 0.494. The highest BCUT2D eigenvalue weighted by Crippen LogP contribution is 2.04. The largest absolute Gasteiger partial charge is 0.385 e. The van der Waals surface area contributed by atoms with Crippen LogP contribution in [-0.4, -0.2) is 19.0 Å². The first-order valence-electron chi connectivity index (χ1n) is 4.02. The summed E-state index contributed by atoms with van der Waals surface area (Å²) in [5.74, 6) is 0.647. The van der Waals surface area contributed by atoms with Crippen LogP contribution in [0.4, 0.5) is 0 Å². The van der Waals surface area contributed by atoms with Gasteiger partial charge in [0, 0.05) is 19.0 Å². The lowest BCUT2D eigenvalue weighted by molar-refractivity contribution is 0.186. The second-order valence-corrected chi connectivity index (χ2v) is 3.46. The number of hydrogen-bond acceptors (Lipinski definition) is 1. The highest BCUT2D eigenvalue weighted by Gasteiger charge is 1.94. The lowest BCUT2D eigenvalue weighted by atomic mass is 10.1. The highest BCUT2D eigenvalue weighted by atomic mass is 79.9. The van der Waals surface area contributed by atoms with Gasteiger partial charge in [-0.05, 0) is 18.8 Å². The number of alkyl halides is 1. The summed E-state index contributed by atoms with van der Waals surface area (Å²) in [7, 11) is 1.74. The lowest BCUT2D eigenvalue weighted by Crippen LogP contribution is -1.96. The molecule has 0 aromatic rings. The predicted molar refractivity (Wildman–Crippen MR) is 53.2 cm³/mol. The van der Waals surface area contributed by atoms with Crippen LogP contribution in [0.5, 0.6) is 0 Å². The number of rotatable bonds is 6. The Morgan fingerprint density at radius 1 is 1.55 bits per heavy atom. The van der Waals surface area contributed by atoms with Crippen molar-refractivity contribution in [1.29, 1.82) is 0 Å². The maximum absolute atomic E-state index is 4.98. The van der Waals surface area contributed by atoms with E-state index in [1.807, 2.05) is 0 Å². The van der Waals surface area contributed by atoms with E-state index in [4.69, 9.17) is 4.74 Å². The maximum Gasteiger partial charge on any atom is 0.0467 e. The number of methoxy groups -OCH3 is 1. The van der Waals surface area contributed by atoms with Gasteiger partial charge in [-0.15, -0.1) is 0 Å². The molecule has 0 radical (unpaired) electrons. The first kappa shape index (κ1) is 11.2. The van der Waals surface area contributed by atoms with Crippen molar-refractivity contribution in [1.82, 2.24) is 0 Å². The number of allylic oxidation sites excluding steroid dienone is 2. The van der Waals surface area contributed by atoms with Gasteiger partial charge in [0.05, 0.1) is 0 Å². The van der Waals surface area contributed by atoms with E-state index in [1.165, 1.54) is 0 Å². The summed E-state index contributed by atoms with van der Waals surface area (Å²) in [6, 6.07) is 0. The monoisotopic (exact) mass is 220 g/mol. The number of halogens is 1. The molecule has 0 fully saturated rings. The molecule has 0 spiro atoms. The molecule has 66 valence electrons. The van der Waals surface area contributed by atoms with Crippen molar-refractivity contribution in [3.05, 3.63) is 12.2 Å². The van der Waals surface area contributed by atoms with Crippen molar-refractivity contribution in [3.8, 4) is 0 Å². The van der Waals surface area contributed by atoms with E-state index >= 15 is 0 Å². The first-order valence-corrected chi connectivity index (χ1v) is 5.15. The van der Waals surface area contributed by atoms with Crippen LogP contribution in [-0.2, 0) is 4.74 Å². The molecular weight excluding hydrogens is 204 g/mol. The van der Waals surface area contributed by atoms with Crippen molar-refractivity contribution in [2.75, 3.05) is 19.0 Å². The molecule has 1 nitrogen and oxygen atoms in total. The molecule has 0 aliphatic heterocycles. The van der Waals surface area contributed by atoms with Crippen LogP contribution in [0.3, 0.4) is 0 Å². The van der Waals surface area contributed by atoms with E-state index < -0.39 is 0 Å². The molecular formula is C9H17BrO. The Balaban J connectivity index is 3.27. The molecule has 0 amide bonds. The van der Waals surface area contributed by atoms with Crippen molar-refractivity contribution in [3.63, 3.8) is 0 Å². The van der Waals surface area contributed by atoms with Gasteiger partial charge >= 0.3 is 0 Å². The van der Waals surface area contributed by atoms with Gasteiger partial charge in [-0.2, -0.15) is 0 Å². The molecule has 2 heteroatoms. The van der Waals surface area contributed by atoms with E-state index in [0.29, 0.717) is 5.92 Å². The normalized spacial score (nSPS) is 14.1. The molecule has 0 bridgehead atoms. The second kappa shape index (κ2) is 8.28. The fraction of sp³-hybridized carbons (Fsp3) is 0.778. The zero-order chi connectivity index (χ0) is 8.53. The smallest absolute Gasteiger partial charge is 0.0467 e. The summed E-state index contributed by atoms with van der Waals surface area (Å²) in [5, 5.41) is 1.06. The zero-order valence-corrected chi connectivity index (χ0v) is 8.93. The molecule has 0 aromatic heterocycles. The van der Waals surface area contributed by atoms with Crippen LogP contribution in [0.25, 0.3) is 0 Å². The minimum atomic E-state index is 0.647. The van der Waals surface area contributed by atoms with Gasteiger partial charge < -0.3 is 4.74 Å². The first-order chi connectivity index (χ1) is 5.31. The van der Waals surface area contributed by atoms with Crippen molar-refractivity contribution < 1.29 is 4.74 Å². The molecule has 0 aliphatic rings.